The third-order valence-corrected chi connectivity index (χ3v) is 2.51. The smallest absolute Gasteiger partial charge is 0.167 e. The predicted octanol–water partition coefficient (Wildman–Crippen LogP) is 1.69. The van der Waals surface area contributed by atoms with Crippen molar-refractivity contribution in [1.29, 1.82) is 0 Å². The van der Waals surface area contributed by atoms with Crippen molar-refractivity contribution in [2.75, 3.05) is 20.3 Å². The second-order valence-electron chi connectivity index (χ2n) is 4.26. The van der Waals surface area contributed by atoms with E-state index in [1.807, 2.05) is 0 Å². The summed E-state index contributed by atoms with van der Waals surface area (Å²) in [5.41, 5.74) is -0.305. The highest BCUT2D eigenvalue weighted by Gasteiger charge is 2.27. The van der Waals surface area contributed by atoms with Crippen molar-refractivity contribution in [2.24, 2.45) is 0 Å². The van der Waals surface area contributed by atoms with Crippen LogP contribution in [0.1, 0.15) is 19.4 Å². The molecule has 88 valence electrons. The average molecular weight is 224 g/mol. The Morgan fingerprint density at radius 1 is 1.25 bits per heavy atom. The first kappa shape index (κ1) is 11.1. The Morgan fingerprint density at radius 2 is 1.94 bits per heavy atom. The Bertz CT molecular complexity index is 393. The minimum atomic E-state index is -0.987. The number of methoxy groups -OCH3 is 1. The Hall–Kier alpha value is -1.42. The number of rotatable bonds is 2. The summed E-state index contributed by atoms with van der Waals surface area (Å²) in [6.45, 7) is 4.44. The van der Waals surface area contributed by atoms with Gasteiger partial charge in [0.05, 0.1) is 12.7 Å². The molecule has 0 amide bonds. The van der Waals surface area contributed by atoms with Crippen LogP contribution in [-0.4, -0.2) is 25.4 Å². The van der Waals surface area contributed by atoms with E-state index in [0.29, 0.717) is 36.0 Å². The molecule has 4 nitrogen and oxygen atoms in total. The molecule has 1 aliphatic rings. The van der Waals surface area contributed by atoms with Gasteiger partial charge in [-0.25, -0.2) is 0 Å². The van der Waals surface area contributed by atoms with E-state index in [0.717, 1.165) is 0 Å². The summed E-state index contributed by atoms with van der Waals surface area (Å²) in [4.78, 5) is 0. The number of hydrogen-bond donors (Lipinski definition) is 1. The highest BCUT2D eigenvalue weighted by Crippen LogP contribution is 2.42. The zero-order chi connectivity index (χ0) is 11.8. The van der Waals surface area contributed by atoms with E-state index < -0.39 is 5.60 Å². The molecule has 1 aliphatic heterocycles. The Labute approximate surface area is 94.8 Å². The lowest BCUT2D eigenvalue weighted by molar-refractivity contribution is 0.0699. The molecular weight excluding hydrogens is 208 g/mol. The fourth-order valence-corrected chi connectivity index (χ4v) is 1.70. The molecule has 0 saturated carbocycles. The van der Waals surface area contributed by atoms with Crippen molar-refractivity contribution in [3.63, 3.8) is 0 Å². The largest absolute Gasteiger partial charge is 0.497 e. The number of fused-ring (bicyclic) bond motifs is 1. The van der Waals surface area contributed by atoms with E-state index in [1.165, 1.54) is 0 Å². The zero-order valence-electron chi connectivity index (χ0n) is 9.74. The minimum absolute atomic E-state index is 0.502. The van der Waals surface area contributed by atoms with Gasteiger partial charge in [-0.05, 0) is 19.9 Å². The van der Waals surface area contributed by atoms with E-state index >= 15 is 0 Å². The fourth-order valence-electron chi connectivity index (χ4n) is 1.70. The molecule has 16 heavy (non-hydrogen) atoms. The van der Waals surface area contributed by atoms with Crippen molar-refractivity contribution < 1.29 is 19.3 Å². The topological polar surface area (TPSA) is 47.9 Å². The van der Waals surface area contributed by atoms with E-state index in [-0.39, 0.29) is 0 Å². The van der Waals surface area contributed by atoms with Gasteiger partial charge >= 0.3 is 0 Å². The lowest BCUT2D eigenvalue weighted by Gasteiger charge is -2.27. The number of benzene rings is 1. The van der Waals surface area contributed by atoms with Gasteiger partial charge in [0, 0.05) is 11.6 Å². The van der Waals surface area contributed by atoms with Crippen LogP contribution >= 0.6 is 0 Å². The lowest BCUT2D eigenvalue weighted by atomic mass is 9.96. The highest BCUT2D eigenvalue weighted by atomic mass is 16.6. The first-order chi connectivity index (χ1) is 7.52. The molecule has 1 heterocycles. The van der Waals surface area contributed by atoms with Crippen molar-refractivity contribution in [3.8, 4) is 17.2 Å². The van der Waals surface area contributed by atoms with Gasteiger partial charge in [0.2, 0.25) is 0 Å². The molecule has 1 aromatic carbocycles. The van der Waals surface area contributed by atoms with Crippen LogP contribution < -0.4 is 14.2 Å². The zero-order valence-corrected chi connectivity index (χ0v) is 9.74. The van der Waals surface area contributed by atoms with Crippen LogP contribution in [0.5, 0.6) is 17.2 Å². The van der Waals surface area contributed by atoms with Crippen LogP contribution in [0.15, 0.2) is 12.1 Å². The van der Waals surface area contributed by atoms with Crippen LogP contribution in [0.3, 0.4) is 0 Å². The molecule has 4 heteroatoms. The van der Waals surface area contributed by atoms with E-state index in [2.05, 4.69) is 0 Å². The van der Waals surface area contributed by atoms with Gasteiger partial charge in [-0.15, -0.1) is 0 Å². The monoisotopic (exact) mass is 224 g/mol. The van der Waals surface area contributed by atoms with Gasteiger partial charge in [0.1, 0.15) is 19.0 Å². The second-order valence-corrected chi connectivity index (χ2v) is 4.26. The first-order valence-electron chi connectivity index (χ1n) is 5.23. The Morgan fingerprint density at radius 3 is 2.56 bits per heavy atom. The molecule has 2 rings (SSSR count). The lowest BCUT2D eigenvalue weighted by Crippen LogP contribution is -2.22. The number of ether oxygens (including phenoxy) is 3. The molecule has 1 N–H and O–H groups in total. The summed E-state index contributed by atoms with van der Waals surface area (Å²) in [6.07, 6.45) is 0. The van der Waals surface area contributed by atoms with Gasteiger partial charge in [-0.1, -0.05) is 0 Å². The van der Waals surface area contributed by atoms with Gasteiger partial charge in [-0.2, -0.15) is 0 Å². The maximum absolute atomic E-state index is 10.1. The summed E-state index contributed by atoms with van der Waals surface area (Å²) in [6, 6.07) is 3.54. The molecule has 0 spiro atoms. The normalized spacial score (nSPS) is 14.8. The van der Waals surface area contributed by atoms with Gasteiger partial charge in [-0.3, -0.25) is 0 Å². The molecular formula is C12H16O4. The summed E-state index contributed by atoms with van der Waals surface area (Å²) in [5, 5.41) is 10.1. The summed E-state index contributed by atoms with van der Waals surface area (Å²) >= 11 is 0. The van der Waals surface area contributed by atoms with Crippen LogP contribution in [0, 0.1) is 0 Å². The SMILES string of the molecule is COc1cc2c(c(C(C)(C)O)c1)OCCO2. The van der Waals surface area contributed by atoms with Gasteiger partial charge in [0.15, 0.2) is 11.5 Å². The maximum atomic E-state index is 10.1. The first-order valence-corrected chi connectivity index (χ1v) is 5.23. The average Bonchev–Trinajstić information content (AvgIpc) is 2.26. The molecule has 0 aliphatic carbocycles. The highest BCUT2D eigenvalue weighted by molar-refractivity contribution is 5.54. The molecule has 0 unspecified atom stereocenters. The molecule has 0 bridgehead atoms. The second kappa shape index (κ2) is 3.87. The van der Waals surface area contributed by atoms with E-state index in [1.54, 1.807) is 33.1 Å². The fraction of sp³-hybridized carbons (Fsp3) is 0.500. The van der Waals surface area contributed by atoms with Crippen molar-refractivity contribution in [3.05, 3.63) is 17.7 Å². The third kappa shape index (κ3) is 1.93. The maximum Gasteiger partial charge on any atom is 0.167 e. The predicted molar refractivity (Wildman–Crippen MR) is 59.2 cm³/mol. The van der Waals surface area contributed by atoms with Crippen molar-refractivity contribution >= 4 is 0 Å². The van der Waals surface area contributed by atoms with Gasteiger partial charge in [0.25, 0.3) is 0 Å². The van der Waals surface area contributed by atoms with Crippen molar-refractivity contribution in [1.82, 2.24) is 0 Å². The van der Waals surface area contributed by atoms with Crippen LogP contribution in [0.25, 0.3) is 0 Å². The quantitative estimate of drug-likeness (QED) is 0.830. The van der Waals surface area contributed by atoms with Crippen LogP contribution in [0.4, 0.5) is 0 Å². The number of hydrogen-bond acceptors (Lipinski definition) is 4. The minimum Gasteiger partial charge on any atom is -0.497 e. The summed E-state index contributed by atoms with van der Waals surface area (Å²) < 4.78 is 16.2. The summed E-state index contributed by atoms with van der Waals surface area (Å²) in [5.74, 6) is 1.89. The summed E-state index contributed by atoms with van der Waals surface area (Å²) in [7, 11) is 1.58. The molecule has 0 fully saturated rings. The van der Waals surface area contributed by atoms with Gasteiger partial charge < -0.3 is 19.3 Å². The molecule has 0 radical (unpaired) electrons. The number of aliphatic hydroxyl groups is 1. The Kier molecular flexibility index (Phi) is 2.68. The molecule has 0 atom stereocenters. The standard InChI is InChI=1S/C12H16O4/c1-12(2,13)9-6-8(14-3)7-10-11(9)16-5-4-15-10/h6-7,13H,4-5H2,1-3H3. The van der Waals surface area contributed by atoms with E-state index in [9.17, 15) is 5.11 Å². The van der Waals surface area contributed by atoms with Crippen LogP contribution in [0.2, 0.25) is 0 Å². The molecule has 0 saturated heterocycles. The van der Waals surface area contributed by atoms with Crippen molar-refractivity contribution in [2.45, 2.75) is 19.4 Å². The molecule has 0 aromatic heterocycles. The Balaban J connectivity index is 2.56. The van der Waals surface area contributed by atoms with E-state index in [4.69, 9.17) is 14.2 Å². The third-order valence-electron chi connectivity index (χ3n) is 2.51. The van der Waals surface area contributed by atoms with Crippen LogP contribution in [-0.2, 0) is 5.60 Å². The molecule has 1 aromatic rings.